The molecule has 0 saturated carbocycles. The Hall–Kier alpha value is -1.84. The first-order valence-corrected chi connectivity index (χ1v) is 5.44. The van der Waals surface area contributed by atoms with Crippen molar-refractivity contribution in [2.24, 2.45) is 11.1 Å². The predicted molar refractivity (Wildman–Crippen MR) is 66.1 cm³/mol. The van der Waals surface area contributed by atoms with Crippen molar-refractivity contribution in [2.75, 3.05) is 7.11 Å². The van der Waals surface area contributed by atoms with E-state index >= 15 is 0 Å². The number of hydrogen-bond donors (Lipinski definition) is 0. The Bertz CT molecular complexity index is 407. The normalized spacial score (nSPS) is 11.5. The Kier molecular flexibility index (Phi) is 4.69. The molecule has 0 amide bonds. The van der Waals surface area contributed by atoms with E-state index < -0.39 is 5.97 Å². The highest BCUT2D eigenvalue weighted by Crippen LogP contribution is 2.13. The maximum Gasteiger partial charge on any atom is 0.361 e. The van der Waals surface area contributed by atoms with Gasteiger partial charge in [0.15, 0.2) is 5.71 Å². The number of esters is 1. The Morgan fingerprint density at radius 1 is 1.24 bits per heavy atom. The number of ether oxygens (including phenoxy) is 1. The molecular weight excluding hydrogens is 218 g/mol. The topological polar surface area (TPSA) is 47.9 Å². The number of aryl methyl sites for hydroxylation is 1. The lowest BCUT2D eigenvalue weighted by Gasteiger charge is -2.08. The number of carbonyl (C=O) groups excluding carboxylic acids is 1. The van der Waals surface area contributed by atoms with Crippen LogP contribution in [0.25, 0.3) is 0 Å². The highest BCUT2D eigenvalue weighted by Gasteiger charge is 2.18. The third-order valence-electron chi connectivity index (χ3n) is 2.18. The summed E-state index contributed by atoms with van der Waals surface area (Å²) >= 11 is 0. The first-order valence-electron chi connectivity index (χ1n) is 5.44. The van der Waals surface area contributed by atoms with E-state index in [0.29, 0.717) is 5.75 Å². The van der Waals surface area contributed by atoms with E-state index in [1.54, 1.807) is 12.1 Å². The number of carbonyl (C=O) groups is 1. The molecule has 0 unspecified atom stereocenters. The molecule has 0 aromatic heterocycles. The fraction of sp³-hybridized carbons (Fsp3) is 0.385. The van der Waals surface area contributed by atoms with Crippen LogP contribution in [-0.2, 0) is 9.63 Å². The van der Waals surface area contributed by atoms with Crippen molar-refractivity contribution in [2.45, 2.75) is 20.8 Å². The van der Waals surface area contributed by atoms with Crippen LogP contribution in [0.4, 0.5) is 0 Å². The minimum atomic E-state index is -0.481. The zero-order valence-electron chi connectivity index (χ0n) is 10.6. The van der Waals surface area contributed by atoms with E-state index in [2.05, 4.69) is 9.99 Å². The zero-order chi connectivity index (χ0) is 12.8. The summed E-state index contributed by atoms with van der Waals surface area (Å²) in [6, 6.07) is 7.26. The van der Waals surface area contributed by atoms with E-state index in [9.17, 15) is 4.79 Å². The first-order chi connectivity index (χ1) is 8.04. The van der Waals surface area contributed by atoms with E-state index in [0.717, 1.165) is 5.56 Å². The molecule has 1 aromatic rings. The lowest BCUT2D eigenvalue weighted by Crippen LogP contribution is -2.25. The molecule has 17 heavy (non-hydrogen) atoms. The van der Waals surface area contributed by atoms with Crippen LogP contribution in [-0.4, -0.2) is 18.8 Å². The summed E-state index contributed by atoms with van der Waals surface area (Å²) in [5.41, 5.74) is 1.38. The molecule has 0 spiro atoms. The summed E-state index contributed by atoms with van der Waals surface area (Å²) in [7, 11) is 1.40. The number of oxime groups is 1. The Labute approximate surface area is 101 Å². The molecule has 4 heteroatoms. The van der Waals surface area contributed by atoms with Gasteiger partial charge in [0.05, 0.1) is 0 Å². The molecule has 92 valence electrons. The molecule has 0 aliphatic carbocycles. The van der Waals surface area contributed by atoms with Gasteiger partial charge in [-0.05, 0) is 19.1 Å². The Morgan fingerprint density at radius 3 is 2.29 bits per heavy atom. The molecule has 0 aliphatic heterocycles. The van der Waals surface area contributed by atoms with E-state index in [-0.39, 0.29) is 11.6 Å². The van der Waals surface area contributed by atoms with Gasteiger partial charge in [0.1, 0.15) is 12.9 Å². The molecule has 1 aromatic carbocycles. The summed E-state index contributed by atoms with van der Waals surface area (Å²) in [4.78, 5) is 16.4. The third-order valence-corrected chi connectivity index (χ3v) is 2.18. The van der Waals surface area contributed by atoms with Gasteiger partial charge in [0, 0.05) is 5.92 Å². The largest absolute Gasteiger partial charge is 0.422 e. The van der Waals surface area contributed by atoms with Crippen LogP contribution in [0.5, 0.6) is 5.75 Å². The van der Waals surface area contributed by atoms with Gasteiger partial charge in [-0.2, -0.15) is 0 Å². The van der Waals surface area contributed by atoms with Gasteiger partial charge in [-0.15, -0.1) is 0 Å². The average Bonchev–Trinajstić information content (AvgIpc) is 2.28. The van der Waals surface area contributed by atoms with Crippen molar-refractivity contribution < 1.29 is 14.4 Å². The van der Waals surface area contributed by atoms with Crippen LogP contribution >= 0.6 is 0 Å². The van der Waals surface area contributed by atoms with Gasteiger partial charge >= 0.3 is 5.97 Å². The quantitative estimate of drug-likeness (QED) is 0.349. The number of hydrogen-bond acceptors (Lipinski definition) is 4. The van der Waals surface area contributed by atoms with Crippen molar-refractivity contribution in [1.82, 2.24) is 0 Å². The average molecular weight is 235 g/mol. The highest BCUT2D eigenvalue weighted by molar-refractivity contribution is 6.37. The predicted octanol–water partition coefficient (Wildman–Crippen LogP) is 2.56. The molecule has 0 atom stereocenters. The van der Waals surface area contributed by atoms with E-state index in [4.69, 9.17) is 4.74 Å². The van der Waals surface area contributed by atoms with E-state index in [1.165, 1.54) is 7.11 Å². The fourth-order valence-electron chi connectivity index (χ4n) is 1.24. The summed E-state index contributed by atoms with van der Waals surface area (Å²) in [6.45, 7) is 5.68. The SMILES string of the molecule is CO/N=C(/C(=O)Oc1ccc(C)cc1)C(C)C. The van der Waals surface area contributed by atoms with Gasteiger partial charge in [-0.1, -0.05) is 36.7 Å². The minimum absolute atomic E-state index is 0.0482. The van der Waals surface area contributed by atoms with Crippen molar-refractivity contribution in [3.63, 3.8) is 0 Å². The Balaban J connectivity index is 2.77. The smallest absolute Gasteiger partial charge is 0.361 e. The first kappa shape index (κ1) is 13.2. The van der Waals surface area contributed by atoms with Crippen LogP contribution in [0.1, 0.15) is 19.4 Å². The Morgan fingerprint density at radius 2 is 1.82 bits per heavy atom. The van der Waals surface area contributed by atoms with Gasteiger partial charge in [-0.25, -0.2) is 4.79 Å². The number of rotatable bonds is 4. The second-order valence-corrected chi connectivity index (χ2v) is 4.02. The van der Waals surface area contributed by atoms with E-state index in [1.807, 2.05) is 32.9 Å². The molecule has 0 N–H and O–H groups in total. The zero-order valence-corrected chi connectivity index (χ0v) is 10.6. The lowest BCUT2D eigenvalue weighted by molar-refractivity contribution is -0.127. The monoisotopic (exact) mass is 235 g/mol. The lowest BCUT2D eigenvalue weighted by atomic mass is 10.1. The van der Waals surface area contributed by atoms with Crippen LogP contribution in [0, 0.1) is 12.8 Å². The van der Waals surface area contributed by atoms with Gasteiger partial charge in [-0.3, -0.25) is 0 Å². The third kappa shape index (κ3) is 3.90. The van der Waals surface area contributed by atoms with Crippen molar-refractivity contribution in [3.05, 3.63) is 29.8 Å². The summed E-state index contributed by atoms with van der Waals surface area (Å²) in [5.74, 6) is -0.0244. The second-order valence-electron chi connectivity index (χ2n) is 4.02. The standard InChI is InChI=1S/C13H17NO3/c1-9(2)12(14-16-4)13(15)17-11-7-5-10(3)6-8-11/h5-9H,1-4H3/b14-12+. The molecule has 1 rings (SSSR count). The summed E-state index contributed by atoms with van der Waals surface area (Å²) < 4.78 is 5.20. The highest BCUT2D eigenvalue weighted by atomic mass is 16.6. The summed E-state index contributed by atoms with van der Waals surface area (Å²) in [6.07, 6.45) is 0. The molecule has 0 saturated heterocycles. The molecule has 0 fully saturated rings. The number of benzene rings is 1. The van der Waals surface area contributed by atoms with Crippen molar-refractivity contribution >= 4 is 11.7 Å². The fourth-order valence-corrected chi connectivity index (χ4v) is 1.24. The van der Waals surface area contributed by atoms with Crippen LogP contribution in [0.3, 0.4) is 0 Å². The molecule has 0 aliphatic rings. The molecule has 0 radical (unpaired) electrons. The van der Waals surface area contributed by atoms with Crippen molar-refractivity contribution in [1.29, 1.82) is 0 Å². The molecule has 0 heterocycles. The summed E-state index contributed by atoms with van der Waals surface area (Å²) in [5, 5.41) is 3.68. The van der Waals surface area contributed by atoms with Crippen molar-refractivity contribution in [3.8, 4) is 5.75 Å². The second kappa shape index (κ2) is 6.03. The van der Waals surface area contributed by atoms with Crippen LogP contribution < -0.4 is 4.74 Å². The minimum Gasteiger partial charge on any atom is -0.422 e. The van der Waals surface area contributed by atoms with Crippen LogP contribution in [0.15, 0.2) is 29.4 Å². The number of nitrogens with zero attached hydrogens (tertiary/aromatic N) is 1. The van der Waals surface area contributed by atoms with Gasteiger partial charge in [0.25, 0.3) is 0 Å². The molecular formula is C13H17NO3. The van der Waals surface area contributed by atoms with Gasteiger partial charge in [0.2, 0.25) is 0 Å². The van der Waals surface area contributed by atoms with Gasteiger partial charge < -0.3 is 9.57 Å². The maximum absolute atomic E-state index is 11.8. The van der Waals surface area contributed by atoms with Crippen LogP contribution in [0.2, 0.25) is 0 Å². The molecule has 0 bridgehead atoms. The maximum atomic E-state index is 11.8. The molecule has 4 nitrogen and oxygen atoms in total.